The smallest absolute Gasteiger partial charge is 0.254 e. The van der Waals surface area contributed by atoms with Crippen LogP contribution in [0.4, 0.5) is 4.39 Å². The van der Waals surface area contributed by atoms with Gasteiger partial charge in [0, 0.05) is 38.3 Å². The van der Waals surface area contributed by atoms with Crippen LogP contribution in [0.1, 0.15) is 24.2 Å². The summed E-state index contributed by atoms with van der Waals surface area (Å²) in [6.45, 7) is 6.74. The van der Waals surface area contributed by atoms with Crippen LogP contribution in [0.3, 0.4) is 0 Å². The zero-order chi connectivity index (χ0) is 15.6. The molecular weight excluding hydrogens is 339 g/mol. The minimum absolute atomic E-state index is 0.149. The second-order valence-corrected chi connectivity index (χ2v) is 6.86. The predicted octanol–water partition coefficient (Wildman–Crippen LogP) is 2.12. The third-order valence-electron chi connectivity index (χ3n) is 3.44. The summed E-state index contributed by atoms with van der Waals surface area (Å²) in [6.07, 6.45) is 0. The Hall–Kier alpha value is -0.980. The Morgan fingerprint density at radius 3 is 2.48 bits per heavy atom. The van der Waals surface area contributed by atoms with Gasteiger partial charge in [-0.2, -0.15) is 0 Å². The second kappa shape index (κ2) is 6.42. The molecular formula is C15H20BrFN2O2. The van der Waals surface area contributed by atoms with E-state index in [0.717, 1.165) is 13.1 Å². The van der Waals surface area contributed by atoms with Gasteiger partial charge in [-0.1, -0.05) is 0 Å². The molecule has 4 nitrogen and oxygen atoms in total. The van der Waals surface area contributed by atoms with Crippen LogP contribution in [-0.2, 0) is 0 Å². The molecule has 1 aliphatic heterocycles. The fourth-order valence-electron chi connectivity index (χ4n) is 2.47. The maximum atomic E-state index is 13.5. The van der Waals surface area contributed by atoms with Crippen LogP contribution in [0.5, 0.6) is 0 Å². The van der Waals surface area contributed by atoms with Crippen molar-refractivity contribution in [2.75, 3.05) is 32.7 Å². The molecule has 1 aromatic carbocycles. The maximum Gasteiger partial charge on any atom is 0.254 e. The first-order valence-corrected chi connectivity index (χ1v) is 7.75. The molecule has 0 bridgehead atoms. The van der Waals surface area contributed by atoms with E-state index in [1.165, 1.54) is 6.07 Å². The average molecular weight is 359 g/mol. The van der Waals surface area contributed by atoms with Crippen molar-refractivity contribution in [3.05, 3.63) is 34.1 Å². The van der Waals surface area contributed by atoms with Gasteiger partial charge in [0.2, 0.25) is 0 Å². The molecule has 1 N–H and O–H groups in total. The molecule has 1 amide bonds. The standard InChI is InChI=1S/C15H20BrFN2O2/c1-15(2,21)10-18-5-7-19(8-6-18)14(20)11-3-4-12(16)13(17)9-11/h3-4,9,21H,5-8,10H2,1-2H3. The Labute approximate surface area is 132 Å². The van der Waals surface area contributed by atoms with Gasteiger partial charge in [0.1, 0.15) is 5.82 Å². The van der Waals surface area contributed by atoms with Gasteiger partial charge in [-0.15, -0.1) is 0 Å². The highest BCUT2D eigenvalue weighted by atomic mass is 79.9. The fraction of sp³-hybridized carbons (Fsp3) is 0.533. The zero-order valence-electron chi connectivity index (χ0n) is 12.3. The van der Waals surface area contributed by atoms with E-state index in [1.807, 2.05) is 0 Å². The number of rotatable bonds is 3. The zero-order valence-corrected chi connectivity index (χ0v) is 13.9. The lowest BCUT2D eigenvalue weighted by Gasteiger charge is -2.37. The molecule has 0 atom stereocenters. The van der Waals surface area contributed by atoms with E-state index in [4.69, 9.17) is 0 Å². The lowest BCUT2D eigenvalue weighted by Crippen LogP contribution is -2.52. The molecule has 0 aliphatic carbocycles. The highest BCUT2D eigenvalue weighted by Crippen LogP contribution is 2.18. The van der Waals surface area contributed by atoms with Crippen LogP contribution in [0, 0.1) is 5.82 Å². The summed E-state index contributed by atoms with van der Waals surface area (Å²) in [5, 5.41) is 9.81. The lowest BCUT2D eigenvalue weighted by atomic mass is 10.1. The van der Waals surface area contributed by atoms with E-state index < -0.39 is 11.4 Å². The van der Waals surface area contributed by atoms with Gasteiger partial charge in [0.25, 0.3) is 5.91 Å². The van der Waals surface area contributed by atoms with E-state index in [0.29, 0.717) is 29.7 Å². The lowest BCUT2D eigenvalue weighted by molar-refractivity contribution is 0.0178. The molecule has 2 rings (SSSR count). The molecule has 1 fully saturated rings. The van der Waals surface area contributed by atoms with E-state index in [9.17, 15) is 14.3 Å². The van der Waals surface area contributed by atoms with Crippen molar-refractivity contribution in [2.45, 2.75) is 19.4 Å². The molecule has 116 valence electrons. The summed E-state index contributed by atoms with van der Waals surface area (Å²) in [7, 11) is 0. The van der Waals surface area contributed by atoms with Crippen molar-refractivity contribution < 1.29 is 14.3 Å². The van der Waals surface area contributed by atoms with Crippen LogP contribution in [0.25, 0.3) is 0 Å². The van der Waals surface area contributed by atoms with Crippen LogP contribution in [-0.4, -0.2) is 59.1 Å². The van der Waals surface area contributed by atoms with Crippen molar-refractivity contribution in [2.24, 2.45) is 0 Å². The predicted molar refractivity (Wildman–Crippen MR) is 82.7 cm³/mol. The minimum Gasteiger partial charge on any atom is -0.389 e. The monoisotopic (exact) mass is 358 g/mol. The van der Waals surface area contributed by atoms with E-state index in [-0.39, 0.29) is 5.91 Å². The quantitative estimate of drug-likeness (QED) is 0.899. The first-order valence-electron chi connectivity index (χ1n) is 6.95. The van der Waals surface area contributed by atoms with Gasteiger partial charge in [0.15, 0.2) is 0 Å². The number of aliphatic hydroxyl groups is 1. The third kappa shape index (κ3) is 4.49. The summed E-state index contributed by atoms with van der Waals surface area (Å²) in [5.74, 6) is -0.578. The minimum atomic E-state index is -0.735. The number of piperazine rings is 1. The molecule has 1 aliphatic rings. The number of nitrogens with zero attached hydrogens (tertiary/aromatic N) is 2. The number of halogens is 2. The van der Waals surface area contributed by atoms with E-state index in [1.54, 1.807) is 30.9 Å². The first kappa shape index (κ1) is 16.4. The van der Waals surface area contributed by atoms with Crippen LogP contribution >= 0.6 is 15.9 Å². The number of amides is 1. The van der Waals surface area contributed by atoms with Gasteiger partial charge >= 0.3 is 0 Å². The molecule has 0 spiro atoms. The Bertz CT molecular complexity index is 523. The van der Waals surface area contributed by atoms with Crippen molar-refractivity contribution in [1.29, 1.82) is 0 Å². The summed E-state index contributed by atoms with van der Waals surface area (Å²) in [5.41, 5.74) is -0.368. The second-order valence-electron chi connectivity index (χ2n) is 6.01. The van der Waals surface area contributed by atoms with Gasteiger partial charge in [-0.3, -0.25) is 9.69 Å². The van der Waals surface area contributed by atoms with Gasteiger partial charge in [-0.25, -0.2) is 4.39 Å². The number of hydrogen-bond donors (Lipinski definition) is 1. The van der Waals surface area contributed by atoms with Crippen molar-refractivity contribution in [3.63, 3.8) is 0 Å². The fourth-order valence-corrected chi connectivity index (χ4v) is 2.71. The Morgan fingerprint density at radius 2 is 1.95 bits per heavy atom. The van der Waals surface area contributed by atoms with Crippen LogP contribution in [0.2, 0.25) is 0 Å². The van der Waals surface area contributed by atoms with Gasteiger partial charge in [-0.05, 0) is 48.0 Å². The van der Waals surface area contributed by atoms with Crippen molar-refractivity contribution >= 4 is 21.8 Å². The molecule has 0 unspecified atom stereocenters. The van der Waals surface area contributed by atoms with Gasteiger partial charge in [0.05, 0.1) is 10.1 Å². The molecule has 0 radical (unpaired) electrons. The number of carbonyl (C=O) groups is 1. The van der Waals surface area contributed by atoms with Gasteiger partial charge < -0.3 is 10.0 Å². The Kier molecular flexibility index (Phi) is 5.01. The summed E-state index contributed by atoms with van der Waals surface area (Å²) >= 11 is 3.08. The first-order chi connectivity index (χ1) is 9.76. The summed E-state index contributed by atoms with van der Waals surface area (Å²) in [4.78, 5) is 16.2. The van der Waals surface area contributed by atoms with Crippen LogP contribution < -0.4 is 0 Å². The number of carbonyl (C=O) groups excluding carboxylic acids is 1. The van der Waals surface area contributed by atoms with E-state index >= 15 is 0 Å². The third-order valence-corrected chi connectivity index (χ3v) is 4.08. The Morgan fingerprint density at radius 1 is 1.33 bits per heavy atom. The normalized spacial score (nSPS) is 17.1. The van der Waals surface area contributed by atoms with Crippen molar-refractivity contribution in [3.8, 4) is 0 Å². The van der Waals surface area contributed by atoms with E-state index in [2.05, 4.69) is 20.8 Å². The molecule has 1 aromatic rings. The highest BCUT2D eigenvalue weighted by molar-refractivity contribution is 9.10. The number of benzene rings is 1. The van der Waals surface area contributed by atoms with Crippen LogP contribution in [0.15, 0.2) is 22.7 Å². The molecule has 0 aromatic heterocycles. The summed E-state index contributed by atoms with van der Waals surface area (Å²) < 4.78 is 13.9. The molecule has 1 saturated heterocycles. The largest absolute Gasteiger partial charge is 0.389 e. The SMILES string of the molecule is CC(C)(O)CN1CCN(C(=O)c2ccc(Br)c(F)c2)CC1. The highest BCUT2D eigenvalue weighted by Gasteiger charge is 2.25. The van der Waals surface area contributed by atoms with Crippen molar-refractivity contribution in [1.82, 2.24) is 9.80 Å². The average Bonchev–Trinajstić information content (AvgIpc) is 2.40. The molecule has 1 heterocycles. The number of hydrogen-bond acceptors (Lipinski definition) is 3. The number of β-amino-alcohol motifs (C(OH)–C–C–N with tert-alkyl or cyclic N) is 1. The molecule has 0 saturated carbocycles. The Balaban J connectivity index is 1.95. The maximum absolute atomic E-state index is 13.5. The molecule has 6 heteroatoms. The molecule has 21 heavy (non-hydrogen) atoms. The summed E-state index contributed by atoms with van der Waals surface area (Å²) in [6, 6.07) is 4.43. The topological polar surface area (TPSA) is 43.8 Å².